The van der Waals surface area contributed by atoms with Crippen molar-refractivity contribution in [1.29, 1.82) is 0 Å². The molecule has 0 radical (unpaired) electrons. The minimum atomic E-state index is -0.982. The summed E-state index contributed by atoms with van der Waals surface area (Å²) in [7, 11) is 2.10. The van der Waals surface area contributed by atoms with Crippen LogP contribution in [0.4, 0.5) is 4.79 Å². The first kappa shape index (κ1) is 18.1. The van der Waals surface area contributed by atoms with Crippen molar-refractivity contribution in [1.82, 2.24) is 15.5 Å². The molecular weight excluding hydrogens is 290 g/mol. The smallest absolute Gasteiger partial charge is 0.326 e. The average molecular weight is 317 g/mol. The van der Waals surface area contributed by atoms with E-state index in [4.69, 9.17) is 5.11 Å². The topological polar surface area (TPSA) is 81.7 Å². The second-order valence-corrected chi connectivity index (χ2v) is 7.10. The third kappa shape index (κ3) is 6.56. The van der Waals surface area contributed by atoms with Gasteiger partial charge < -0.3 is 20.6 Å². The van der Waals surface area contributed by atoms with E-state index in [9.17, 15) is 9.59 Å². The van der Waals surface area contributed by atoms with Gasteiger partial charge in [0.25, 0.3) is 0 Å². The van der Waals surface area contributed by atoms with Crippen LogP contribution in [0.15, 0.2) is 0 Å². The molecule has 0 aromatic carbocycles. The fourth-order valence-electron chi connectivity index (χ4n) is 2.33. The number of carboxylic acid groups (broad SMARTS) is 1. The Hall–Kier alpha value is -0.950. The number of nitrogens with zero attached hydrogens (tertiary/aromatic N) is 1. The molecular formula is C14H27N3O3S. The summed E-state index contributed by atoms with van der Waals surface area (Å²) in [5.74, 6) is -0.272. The monoisotopic (exact) mass is 317 g/mol. The first-order valence-corrected chi connectivity index (χ1v) is 8.70. The standard InChI is InChI=1S/C14H27N3O3S/c1-14(5-7-17(2)8-6-14)10-15-13(20)16-11(12(18)19)4-9-21-3/h11H,4-10H2,1-3H3,(H,18,19)(H2,15,16,20)/t11-/m1/s1. The van der Waals surface area contributed by atoms with Gasteiger partial charge in [-0.2, -0.15) is 11.8 Å². The maximum Gasteiger partial charge on any atom is 0.326 e. The molecule has 1 fully saturated rings. The number of likely N-dealkylation sites (tertiary alicyclic amines) is 1. The van der Waals surface area contributed by atoms with Crippen molar-refractivity contribution in [2.75, 3.05) is 38.7 Å². The molecule has 21 heavy (non-hydrogen) atoms. The highest BCUT2D eigenvalue weighted by Gasteiger charge is 2.29. The molecule has 1 aliphatic heterocycles. The lowest BCUT2D eigenvalue weighted by Crippen LogP contribution is -2.50. The Balaban J connectivity index is 2.36. The van der Waals surface area contributed by atoms with Crippen molar-refractivity contribution in [3.05, 3.63) is 0 Å². The number of carboxylic acids is 1. The molecule has 0 aliphatic carbocycles. The SMILES string of the molecule is CSCC[C@@H](NC(=O)NCC1(C)CCN(C)CC1)C(=O)O. The highest BCUT2D eigenvalue weighted by molar-refractivity contribution is 7.98. The van der Waals surface area contributed by atoms with E-state index in [1.54, 1.807) is 11.8 Å². The van der Waals surface area contributed by atoms with Crippen LogP contribution in [-0.4, -0.2) is 66.7 Å². The molecule has 0 unspecified atom stereocenters. The Morgan fingerprint density at radius 2 is 2.00 bits per heavy atom. The van der Waals surface area contributed by atoms with Gasteiger partial charge in [0.1, 0.15) is 6.04 Å². The Kier molecular flexibility index (Phi) is 7.31. The van der Waals surface area contributed by atoms with Crippen LogP contribution < -0.4 is 10.6 Å². The predicted molar refractivity (Wildman–Crippen MR) is 85.8 cm³/mol. The maximum absolute atomic E-state index is 11.9. The molecule has 0 spiro atoms. The Bertz CT molecular complexity index is 357. The van der Waals surface area contributed by atoms with Gasteiger partial charge in [0.05, 0.1) is 0 Å². The van der Waals surface area contributed by atoms with Gasteiger partial charge in [-0.05, 0) is 56.8 Å². The number of carbonyl (C=O) groups excluding carboxylic acids is 1. The zero-order valence-electron chi connectivity index (χ0n) is 13.1. The molecule has 1 heterocycles. The molecule has 1 aliphatic rings. The van der Waals surface area contributed by atoms with Crippen LogP contribution in [0.5, 0.6) is 0 Å². The van der Waals surface area contributed by atoms with Crippen LogP contribution in [0.1, 0.15) is 26.2 Å². The van der Waals surface area contributed by atoms with Gasteiger partial charge in [0.15, 0.2) is 0 Å². The number of aliphatic carboxylic acids is 1. The lowest BCUT2D eigenvalue weighted by molar-refractivity contribution is -0.139. The summed E-state index contributed by atoms with van der Waals surface area (Å²) in [5.41, 5.74) is 0.0990. The number of thioether (sulfide) groups is 1. The maximum atomic E-state index is 11.9. The van der Waals surface area contributed by atoms with E-state index < -0.39 is 12.0 Å². The van der Waals surface area contributed by atoms with Crippen molar-refractivity contribution >= 4 is 23.8 Å². The van der Waals surface area contributed by atoms with Crippen LogP contribution in [0, 0.1) is 5.41 Å². The largest absolute Gasteiger partial charge is 0.480 e. The minimum absolute atomic E-state index is 0.0990. The highest BCUT2D eigenvalue weighted by Crippen LogP contribution is 2.29. The van der Waals surface area contributed by atoms with Crippen LogP contribution in [0.3, 0.4) is 0 Å². The second-order valence-electron chi connectivity index (χ2n) is 6.11. The second kappa shape index (κ2) is 8.48. The zero-order valence-corrected chi connectivity index (χ0v) is 14.0. The lowest BCUT2D eigenvalue weighted by Gasteiger charge is -2.38. The van der Waals surface area contributed by atoms with Crippen LogP contribution in [0.25, 0.3) is 0 Å². The Morgan fingerprint density at radius 3 is 2.52 bits per heavy atom. The molecule has 122 valence electrons. The van der Waals surface area contributed by atoms with Crippen LogP contribution in [0.2, 0.25) is 0 Å². The van der Waals surface area contributed by atoms with E-state index in [1.165, 1.54) is 0 Å². The highest BCUT2D eigenvalue weighted by atomic mass is 32.2. The Labute approximate surface area is 131 Å². The summed E-state index contributed by atoms with van der Waals surface area (Å²) < 4.78 is 0. The van der Waals surface area contributed by atoms with E-state index in [-0.39, 0.29) is 11.4 Å². The number of piperidine rings is 1. The molecule has 1 rings (SSSR count). The summed E-state index contributed by atoms with van der Waals surface area (Å²) in [6.07, 6.45) is 4.43. The average Bonchev–Trinajstić information content (AvgIpc) is 2.44. The van der Waals surface area contributed by atoms with Crippen molar-refractivity contribution in [3.63, 3.8) is 0 Å². The van der Waals surface area contributed by atoms with E-state index in [0.29, 0.717) is 18.7 Å². The van der Waals surface area contributed by atoms with Gasteiger partial charge in [0, 0.05) is 6.54 Å². The van der Waals surface area contributed by atoms with Crippen LogP contribution >= 0.6 is 11.8 Å². The number of carbonyl (C=O) groups is 2. The Morgan fingerprint density at radius 1 is 1.38 bits per heavy atom. The molecule has 1 atom stereocenters. The zero-order chi connectivity index (χ0) is 15.9. The quantitative estimate of drug-likeness (QED) is 0.658. The summed E-state index contributed by atoms with van der Waals surface area (Å²) in [4.78, 5) is 25.2. The normalized spacial score (nSPS) is 19.8. The van der Waals surface area contributed by atoms with Gasteiger partial charge in [0.2, 0.25) is 0 Å². The fraction of sp³-hybridized carbons (Fsp3) is 0.857. The number of hydrogen-bond donors (Lipinski definition) is 3. The predicted octanol–water partition coefficient (Wildman–Crippen LogP) is 1.22. The van der Waals surface area contributed by atoms with Crippen molar-refractivity contribution in [2.45, 2.75) is 32.2 Å². The molecule has 1 saturated heterocycles. The number of urea groups is 1. The van der Waals surface area contributed by atoms with Crippen LogP contribution in [-0.2, 0) is 4.79 Å². The molecule has 0 aromatic heterocycles. The van der Waals surface area contributed by atoms with Crippen molar-refractivity contribution in [3.8, 4) is 0 Å². The molecule has 3 N–H and O–H groups in total. The van der Waals surface area contributed by atoms with E-state index >= 15 is 0 Å². The van der Waals surface area contributed by atoms with Gasteiger partial charge in [-0.25, -0.2) is 9.59 Å². The summed E-state index contributed by atoms with van der Waals surface area (Å²) >= 11 is 1.57. The van der Waals surface area contributed by atoms with Gasteiger partial charge in [-0.3, -0.25) is 0 Å². The molecule has 7 heteroatoms. The number of nitrogens with one attached hydrogen (secondary N) is 2. The molecule has 2 amide bonds. The number of amides is 2. The minimum Gasteiger partial charge on any atom is -0.480 e. The lowest BCUT2D eigenvalue weighted by atomic mass is 9.80. The first-order valence-electron chi connectivity index (χ1n) is 7.31. The molecule has 0 bridgehead atoms. The van der Waals surface area contributed by atoms with Gasteiger partial charge in [-0.1, -0.05) is 6.92 Å². The third-order valence-electron chi connectivity index (χ3n) is 4.08. The molecule has 0 saturated carbocycles. The summed E-state index contributed by atoms with van der Waals surface area (Å²) in [6.45, 7) is 4.82. The van der Waals surface area contributed by atoms with E-state index in [1.807, 2.05) is 6.26 Å². The number of hydrogen-bond acceptors (Lipinski definition) is 4. The van der Waals surface area contributed by atoms with E-state index in [2.05, 4.69) is 29.5 Å². The molecule has 0 aromatic rings. The molecule has 6 nitrogen and oxygen atoms in total. The summed E-state index contributed by atoms with van der Waals surface area (Å²) in [5, 5.41) is 14.5. The van der Waals surface area contributed by atoms with Gasteiger partial charge >= 0.3 is 12.0 Å². The van der Waals surface area contributed by atoms with Gasteiger partial charge in [-0.15, -0.1) is 0 Å². The summed E-state index contributed by atoms with van der Waals surface area (Å²) in [6, 6.07) is -1.20. The third-order valence-corrected chi connectivity index (χ3v) is 4.73. The fourth-order valence-corrected chi connectivity index (χ4v) is 2.80. The first-order chi connectivity index (χ1) is 9.86. The van der Waals surface area contributed by atoms with Crippen molar-refractivity contribution < 1.29 is 14.7 Å². The van der Waals surface area contributed by atoms with Crippen molar-refractivity contribution in [2.24, 2.45) is 5.41 Å². The van der Waals surface area contributed by atoms with E-state index in [0.717, 1.165) is 25.9 Å². The number of rotatable bonds is 7.